The number of phenolic OH excluding ortho intramolecular Hbond substituents is 1. The molecule has 1 fully saturated rings. The average Bonchev–Trinajstić information content (AvgIpc) is 3.05. The van der Waals surface area contributed by atoms with Gasteiger partial charge in [-0.15, -0.1) is 0 Å². The molecule has 0 aliphatic carbocycles. The second-order valence-electron chi connectivity index (χ2n) is 6.09. The molecule has 0 saturated carbocycles. The smallest absolute Gasteiger partial charge is 0.261 e. The molecule has 0 spiro atoms. The van der Waals surface area contributed by atoms with Gasteiger partial charge in [-0.2, -0.15) is 0 Å². The first-order chi connectivity index (χ1) is 12.6. The van der Waals surface area contributed by atoms with E-state index in [0.29, 0.717) is 18.3 Å². The third kappa shape index (κ3) is 4.55. The van der Waals surface area contributed by atoms with Crippen molar-refractivity contribution in [3.8, 4) is 5.75 Å². The van der Waals surface area contributed by atoms with Gasteiger partial charge in [0.05, 0.1) is 24.5 Å². The van der Waals surface area contributed by atoms with Gasteiger partial charge in [0.15, 0.2) is 5.13 Å². The number of phenols is 1. The number of aryl methyl sites for hydroxylation is 1. The first kappa shape index (κ1) is 19.1. The fourth-order valence-corrected chi connectivity index (χ4v) is 4.19. The molecule has 6 nitrogen and oxygen atoms in total. The number of ether oxygens (including phenoxy) is 1. The molecule has 2 aromatic rings. The predicted molar refractivity (Wildman–Crippen MR) is 108 cm³/mol. The topological polar surface area (TPSA) is 74.7 Å². The van der Waals surface area contributed by atoms with Gasteiger partial charge in [-0.1, -0.05) is 40.6 Å². The SMILES string of the molecule is CCCCc1nc(NC(=O)c2cc(Br)ccc2O)sc1N1CCOCC1. The highest BCUT2D eigenvalue weighted by molar-refractivity contribution is 9.10. The van der Waals surface area contributed by atoms with Crippen molar-refractivity contribution < 1.29 is 14.6 Å². The Morgan fingerprint density at radius 1 is 1.42 bits per heavy atom. The summed E-state index contributed by atoms with van der Waals surface area (Å²) in [5.74, 6) is -0.421. The first-order valence-corrected chi connectivity index (χ1v) is 10.3. The Kier molecular flexibility index (Phi) is 6.50. The van der Waals surface area contributed by atoms with Crippen LogP contribution < -0.4 is 10.2 Å². The van der Waals surface area contributed by atoms with Crippen LogP contribution >= 0.6 is 27.3 Å². The molecule has 2 N–H and O–H groups in total. The van der Waals surface area contributed by atoms with Crippen molar-refractivity contribution in [2.75, 3.05) is 36.5 Å². The lowest BCUT2D eigenvalue weighted by Gasteiger charge is -2.27. The van der Waals surface area contributed by atoms with Gasteiger partial charge < -0.3 is 14.7 Å². The molecule has 1 aromatic heterocycles. The van der Waals surface area contributed by atoms with E-state index < -0.39 is 0 Å². The Labute approximate surface area is 165 Å². The summed E-state index contributed by atoms with van der Waals surface area (Å²) >= 11 is 4.81. The number of anilines is 2. The third-order valence-corrected chi connectivity index (χ3v) is 5.73. The Morgan fingerprint density at radius 3 is 2.92 bits per heavy atom. The van der Waals surface area contributed by atoms with Crippen LogP contribution in [0, 0.1) is 0 Å². The summed E-state index contributed by atoms with van der Waals surface area (Å²) in [7, 11) is 0. The molecule has 8 heteroatoms. The van der Waals surface area contributed by atoms with E-state index in [-0.39, 0.29) is 17.2 Å². The van der Waals surface area contributed by atoms with Crippen LogP contribution in [0.5, 0.6) is 5.75 Å². The molecule has 1 aliphatic heterocycles. The number of rotatable bonds is 6. The lowest BCUT2D eigenvalue weighted by Crippen LogP contribution is -2.36. The summed E-state index contributed by atoms with van der Waals surface area (Å²) in [6.07, 6.45) is 3.03. The van der Waals surface area contributed by atoms with E-state index in [1.807, 2.05) is 0 Å². The number of hydrogen-bond donors (Lipinski definition) is 2. The second kappa shape index (κ2) is 8.83. The summed E-state index contributed by atoms with van der Waals surface area (Å²) in [5, 5.41) is 14.4. The zero-order valence-corrected chi connectivity index (χ0v) is 17.0. The minimum atomic E-state index is -0.367. The second-order valence-corrected chi connectivity index (χ2v) is 7.98. The number of carbonyl (C=O) groups is 1. The van der Waals surface area contributed by atoms with Crippen LogP contribution in [0.15, 0.2) is 22.7 Å². The maximum Gasteiger partial charge on any atom is 0.261 e. The van der Waals surface area contributed by atoms with E-state index >= 15 is 0 Å². The van der Waals surface area contributed by atoms with E-state index in [9.17, 15) is 9.90 Å². The Morgan fingerprint density at radius 2 is 2.19 bits per heavy atom. The molecule has 0 radical (unpaired) electrons. The van der Waals surface area contributed by atoms with Crippen LogP contribution in [-0.4, -0.2) is 42.3 Å². The maximum atomic E-state index is 12.5. The van der Waals surface area contributed by atoms with E-state index in [1.54, 1.807) is 12.1 Å². The number of morpholine rings is 1. The number of aromatic hydroxyl groups is 1. The number of thiazole rings is 1. The van der Waals surface area contributed by atoms with Crippen molar-refractivity contribution >= 4 is 43.3 Å². The lowest BCUT2D eigenvalue weighted by atomic mass is 10.2. The normalized spacial score (nSPS) is 14.5. The van der Waals surface area contributed by atoms with Gasteiger partial charge in [-0.3, -0.25) is 10.1 Å². The number of benzene rings is 1. The Hall–Kier alpha value is -1.64. The number of amides is 1. The molecule has 140 valence electrons. The highest BCUT2D eigenvalue weighted by Gasteiger charge is 2.21. The monoisotopic (exact) mass is 439 g/mol. The molecule has 3 rings (SSSR count). The summed E-state index contributed by atoms with van der Waals surface area (Å²) < 4.78 is 6.17. The average molecular weight is 440 g/mol. The Bertz CT molecular complexity index is 775. The van der Waals surface area contributed by atoms with Crippen molar-refractivity contribution in [2.45, 2.75) is 26.2 Å². The largest absolute Gasteiger partial charge is 0.507 e. The molecule has 0 unspecified atom stereocenters. The van der Waals surface area contributed by atoms with Gasteiger partial charge in [0.25, 0.3) is 5.91 Å². The molecule has 1 amide bonds. The number of nitrogens with zero attached hydrogens (tertiary/aromatic N) is 2. The maximum absolute atomic E-state index is 12.5. The number of halogens is 1. The van der Waals surface area contributed by atoms with E-state index in [2.05, 4.69) is 38.1 Å². The van der Waals surface area contributed by atoms with E-state index in [1.165, 1.54) is 17.4 Å². The quantitative estimate of drug-likeness (QED) is 0.709. The molecule has 1 aliphatic rings. The van der Waals surface area contributed by atoms with Crippen molar-refractivity contribution in [1.29, 1.82) is 0 Å². The third-order valence-electron chi connectivity index (χ3n) is 4.17. The number of hydrogen-bond acceptors (Lipinski definition) is 6. The fourth-order valence-electron chi connectivity index (χ4n) is 2.77. The number of aromatic nitrogens is 1. The van der Waals surface area contributed by atoms with Gasteiger partial charge in [0.2, 0.25) is 0 Å². The zero-order chi connectivity index (χ0) is 18.5. The van der Waals surface area contributed by atoms with Crippen LogP contribution in [0.3, 0.4) is 0 Å². The van der Waals surface area contributed by atoms with Gasteiger partial charge in [-0.05, 0) is 31.0 Å². The number of nitrogens with one attached hydrogen (secondary N) is 1. The molecule has 1 saturated heterocycles. The first-order valence-electron chi connectivity index (χ1n) is 8.70. The highest BCUT2D eigenvalue weighted by Crippen LogP contribution is 2.34. The van der Waals surface area contributed by atoms with Crippen LogP contribution in [0.4, 0.5) is 10.1 Å². The van der Waals surface area contributed by atoms with Gasteiger partial charge in [0.1, 0.15) is 10.8 Å². The lowest BCUT2D eigenvalue weighted by molar-refractivity contribution is 0.102. The summed E-state index contributed by atoms with van der Waals surface area (Å²) in [6.45, 7) is 5.24. The summed E-state index contributed by atoms with van der Waals surface area (Å²) in [6, 6.07) is 4.78. The fraction of sp³-hybridized carbons (Fsp3) is 0.444. The van der Waals surface area contributed by atoms with Gasteiger partial charge in [0, 0.05) is 17.6 Å². The van der Waals surface area contributed by atoms with Crippen LogP contribution in [0.1, 0.15) is 35.8 Å². The minimum absolute atomic E-state index is 0.0538. The summed E-state index contributed by atoms with van der Waals surface area (Å²) in [4.78, 5) is 19.5. The number of unbranched alkanes of at least 4 members (excludes halogenated alkanes) is 1. The highest BCUT2D eigenvalue weighted by atomic mass is 79.9. The molecule has 1 aromatic carbocycles. The molecule has 26 heavy (non-hydrogen) atoms. The summed E-state index contributed by atoms with van der Waals surface area (Å²) in [5.41, 5.74) is 1.24. The van der Waals surface area contributed by atoms with Crippen molar-refractivity contribution in [2.24, 2.45) is 0 Å². The minimum Gasteiger partial charge on any atom is -0.507 e. The molecular formula is C18H22BrN3O3S. The van der Waals surface area contributed by atoms with E-state index in [0.717, 1.165) is 47.5 Å². The molecule has 2 heterocycles. The van der Waals surface area contributed by atoms with Crippen LogP contribution in [0.2, 0.25) is 0 Å². The van der Waals surface area contributed by atoms with Crippen LogP contribution in [-0.2, 0) is 11.2 Å². The molecule has 0 bridgehead atoms. The van der Waals surface area contributed by atoms with Gasteiger partial charge in [-0.25, -0.2) is 4.98 Å². The number of carbonyl (C=O) groups excluding carboxylic acids is 1. The standard InChI is InChI=1S/C18H22BrN3O3S/c1-2-3-4-14-17(22-7-9-25-10-8-22)26-18(20-14)21-16(24)13-11-12(19)5-6-15(13)23/h5-6,11,23H,2-4,7-10H2,1H3,(H,20,21,24). The van der Waals surface area contributed by atoms with Crippen molar-refractivity contribution in [3.05, 3.63) is 33.9 Å². The van der Waals surface area contributed by atoms with Gasteiger partial charge >= 0.3 is 0 Å². The molecule has 0 atom stereocenters. The van der Waals surface area contributed by atoms with E-state index in [4.69, 9.17) is 4.74 Å². The molecular weight excluding hydrogens is 418 g/mol. The van der Waals surface area contributed by atoms with Crippen molar-refractivity contribution in [1.82, 2.24) is 4.98 Å². The predicted octanol–water partition coefficient (Wildman–Crippen LogP) is 4.04. The Balaban J connectivity index is 1.81. The van der Waals surface area contributed by atoms with Crippen LogP contribution in [0.25, 0.3) is 0 Å². The zero-order valence-electron chi connectivity index (χ0n) is 14.6. The van der Waals surface area contributed by atoms with Crippen molar-refractivity contribution in [3.63, 3.8) is 0 Å².